The summed E-state index contributed by atoms with van der Waals surface area (Å²) in [6, 6.07) is 0. The van der Waals surface area contributed by atoms with Crippen LogP contribution >= 0.6 is 0 Å². The van der Waals surface area contributed by atoms with Gasteiger partial charge >= 0.3 is 0 Å². The molecule has 0 fully saturated rings. The van der Waals surface area contributed by atoms with E-state index in [0.717, 1.165) is 5.57 Å². The van der Waals surface area contributed by atoms with Crippen molar-refractivity contribution in [3.63, 3.8) is 0 Å². The molecule has 0 atom stereocenters. The van der Waals surface area contributed by atoms with Gasteiger partial charge in [-0.3, -0.25) is 9.59 Å². The zero-order valence-corrected chi connectivity index (χ0v) is 11.4. The first-order valence-electron chi connectivity index (χ1n) is 6.08. The van der Waals surface area contributed by atoms with Crippen LogP contribution in [0.2, 0.25) is 0 Å². The van der Waals surface area contributed by atoms with Crippen LogP contribution in [0.5, 0.6) is 0 Å². The number of aliphatic hydroxyl groups is 1. The average Bonchev–Trinajstić information content (AvgIpc) is 2.22. The minimum absolute atomic E-state index is 0.0726. The normalized spacial score (nSPS) is 19.1. The Labute approximate surface area is 108 Å². The van der Waals surface area contributed by atoms with Gasteiger partial charge in [0.2, 0.25) is 0 Å². The van der Waals surface area contributed by atoms with Crippen LogP contribution in [0.4, 0.5) is 0 Å². The molecule has 1 N–H and O–H groups in total. The van der Waals surface area contributed by atoms with E-state index in [-0.39, 0.29) is 11.6 Å². The summed E-state index contributed by atoms with van der Waals surface area (Å²) in [6.45, 7) is 6.69. The summed E-state index contributed by atoms with van der Waals surface area (Å²) in [5, 5.41) is 10.00. The smallest absolute Gasteiger partial charge is 0.184 e. The van der Waals surface area contributed by atoms with Gasteiger partial charge in [0.15, 0.2) is 11.6 Å². The van der Waals surface area contributed by atoms with E-state index in [1.54, 1.807) is 32.9 Å². The maximum absolute atomic E-state index is 12.1. The minimum atomic E-state index is -1.22. The molecule has 98 valence electrons. The second-order valence-electron chi connectivity index (χ2n) is 5.27. The van der Waals surface area contributed by atoms with Gasteiger partial charge in [0.25, 0.3) is 0 Å². The molecule has 0 aromatic rings. The highest BCUT2D eigenvalue weighted by Crippen LogP contribution is 2.20. The molecule has 0 spiro atoms. The summed E-state index contributed by atoms with van der Waals surface area (Å²) in [6.07, 6.45) is 5.66. The molecule has 1 aliphatic rings. The topological polar surface area (TPSA) is 54.4 Å². The van der Waals surface area contributed by atoms with E-state index in [1.165, 1.54) is 6.08 Å². The first kappa shape index (κ1) is 14.6. The Morgan fingerprint density at radius 1 is 1.11 bits per heavy atom. The van der Waals surface area contributed by atoms with Crippen LogP contribution < -0.4 is 0 Å². The van der Waals surface area contributed by atoms with Gasteiger partial charge in [-0.1, -0.05) is 17.7 Å². The number of rotatable bonds is 1. The van der Waals surface area contributed by atoms with Crippen molar-refractivity contribution in [1.29, 1.82) is 0 Å². The highest BCUT2D eigenvalue weighted by atomic mass is 16.3. The Morgan fingerprint density at radius 2 is 1.72 bits per heavy atom. The molecule has 0 heterocycles. The fourth-order valence-corrected chi connectivity index (χ4v) is 1.77. The molecule has 0 amide bonds. The maximum Gasteiger partial charge on any atom is 0.184 e. The van der Waals surface area contributed by atoms with Gasteiger partial charge in [0.05, 0.1) is 5.60 Å². The Morgan fingerprint density at radius 3 is 2.28 bits per heavy atom. The summed E-state index contributed by atoms with van der Waals surface area (Å²) < 4.78 is 0. The highest BCUT2D eigenvalue weighted by Gasteiger charge is 2.24. The van der Waals surface area contributed by atoms with Crippen LogP contribution in [0.1, 0.15) is 40.5 Å². The number of hydrogen-bond donors (Lipinski definition) is 1. The number of ketones is 2. The van der Waals surface area contributed by atoms with Gasteiger partial charge in [-0.25, -0.2) is 0 Å². The number of carbonyl (C=O) groups excluding carboxylic acids is 2. The average molecular weight is 248 g/mol. The van der Waals surface area contributed by atoms with E-state index in [4.69, 9.17) is 0 Å². The van der Waals surface area contributed by atoms with Gasteiger partial charge in [-0.05, 0) is 45.8 Å². The largest absolute Gasteiger partial charge is 0.386 e. The third-order valence-corrected chi connectivity index (χ3v) is 2.99. The zero-order chi connectivity index (χ0) is 13.9. The number of allylic oxidation sites excluding steroid dienone is 5. The fourth-order valence-electron chi connectivity index (χ4n) is 1.77. The van der Waals surface area contributed by atoms with Crippen molar-refractivity contribution in [3.8, 4) is 0 Å². The third kappa shape index (κ3) is 3.77. The standard InChI is InChI=1S/C15H20O3/c1-10-5-8-13(16)11(2)6-7-12(14(17)9-10)15(3,4)18/h6-7,9,18H,5,8H2,1-4H3. The predicted octanol–water partition coefficient (Wildman–Crippen LogP) is 2.51. The quantitative estimate of drug-likeness (QED) is 0.775. The van der Waals surface area contributed by atoms with E-state index in [1.807, 2.05) is 6.92 Å². The van der Waals surface area contributed by atoms with Crippen molar-refractivity contribution in [2.24, 2.45) is 0 Å². The maximum atomic E-state index is 12.1. The lowest BCUT2D eigenvalue weighted by Gasteiger charge is -2.20. The molecule has 0 aliphatic heterocycles. The summed E-state index contributed by atoms with van der Waals surface area (Å²) in [5.41, 5.74) is 0.556. The molecule has 0 aromatic heterocycles. The number of Topliss-reactive ketones (excluding diaryl/α,β-unsaturated/α-hetero) is 1. The number of hydrogen-bond acceptors (Lipinski definition) is 3. The van der Waals surface area contributed by atoms with Crippen molar-refractivity contribution in [3.05, 3.63) is 34.9 Å². The lowest BCUT2D eigenvalue weighted by atomic mass is 9.90. The molecule has 1 rings (SSSR count). The van der Waals surface area contributed by atoms with Crippen molar-refractivity contribution < 1.29 is 14.7 Å². The molecule has 1 aliphatic carbocycles. The van der Waals surface area contributed by atoms with Gasteiger partial charge < -0.3 is 5.11 Å². The SMILES string of the molecule is CC1=CC(=O)C(C(C)(C)O)=CC=C(C)C(=O)CC1. The second-order valence-corrected chi connectivity index (χ2v) is 5.27. The van der Waals surface area contributed by atoms with Gasteiger partial charge in [-0.15, -0.1) is 0 Å². The molecule has 0 aromatic carbocycles. The van der Waals surface area contributed by atoms with Crippen LogP contribution in [0.3, 0.4) is 0 Å². The summed E-state index contributed by atoms with van der Waals surface area (Å²) >= 11 is 0. The van der Waals surface area contributed by atoms with Crippen molar-refractivity contribution in [2.75, 3.05) is 0 Å². The first-order valence-corrected chi connectivity index (χ1v) is 6.08. The molecular formula is C15H20O3. The molecule has 0 saturated carbocycles. The van der Waals surface area contributed by atoms with Gasteiger partial charge in [-0.2, -0.15) is 0 Å². The lowest BCUT2D eigenvalue weighted by molar-refractivity contribution is -0.116. The monoisotopic (exact) mass is 248 g/mol. The fraction of sp³-hybridized carbons (Fsp3) is 0.467. The molecule has 0 radical (unpaired) electrons. The Bertz CT molecular complexity index is 457. The molecule has 0 bridgehead atoms. The van der Waals surface area contributed by atoms with Gasteiger partial charge in [0, 0.05) is 12.0 Å². The van der Waals surface area contributed by atoms with Crippen molar-refractivity contribution in [2.45, 2.75) is 46.1 Å². The summed E-state index contributed by atoms with van der Waals surface area (Å²) in [7, 11) is 0. The van der Waals surface area contributed by atoms with E-state index in [2.05, 4.69) is 0 Å². The minimum Gasteiger partial charge on any atom is -0.386 e. The van der Waals surface area contributed by atoms with Crippen LogP contribution in [0.15, 0.2) is 34.9 Å². The van der Waals surface area contributed by atoms with E-state index >= 15 is 0 Å². The van der Waals surface area contributed by atoms with E-state index in [9.17, 15) is 14.7 Å². The van der Waals surface area contributed by atoms with Crippen LogP contribution in [-0.2, 0) is 9.59 Å². The first-order chi connectivity index (χ1) is 8.21. The van der Waals surface area contributed by atoms with Gasteiger partial charge in [0.1, 0.15) is 0 Å². The van der Waals surface area contributed by atoms with Crippen LogP contribution in [-0.4, -0.2) is 22.3 Å². The Hall–Kier alpha value is -1.48. The molecule has 0 saturated heterocycles. The third-order valence-electron chi connectivity index (χ3n) is 2.99. The van der Waals surface area contributed by atoms with Crippen molar-refractivity contribution in [1.82, 2.24) is 0 Å². The highest BCUT2D eigenvalue weighted by molar-refractivity contribution is 6.06. The molecule has 0 unspecified atom stereocenters. The number of carbonyl (C=O) groups is 2. The summed E-state index contributed by atoms with van der Waals surface area (Å²) in [4.78, 5) is 23.8. The Kier molecular flexibility index (Phi) is 4.41. The van der Waals surface area contributed by atoms with E-state index in [0.29, 0.717) is 24.0 Å². The Balaban J connectivity index is 3.29. The van der Waals surface area contributed by atoms with Crippen LogP contribution in [0.25, 0.3) is 0 Å². The molecule has 3 heteroatoms. The molecular weight excluding hydrogens is 228 g/mol. The molecule has 18 heavy (non-hydrogen) atoms. The summed E-state index contributed by atoms with van der Waals surface area (Å²) in [5.74, 6) is -0.123. The lowest BCUT2D eigenvalue weighted by Crippen LogP contribution is -2.27. The molecule has 3 nitrogen and oxygen atoms in total. The zero-order valence-electron chi connectivity index (χ0n) is 11.4. The van der Waals surface area contributed by atoms with Crippen molar-refractivity contribution >= 4 is 11.6 Å². The van der Waals surface area contributed by atoms with Crippen LogP contribution in [0, 0.1) is 0 Å². The second kappa shape index (κ2) is 5.44. The van der Waals surface area contributed by atoms with E-state index < -0.39 is 5.60 Å². The predicted molar refractivity (Wildman–Crippen MR) is 71.1 cm³/mol.